The Morgan fingerprint density at radius 2 is 2.00 bits per heavy atom. The zero-order chi connectivity index (χ0) is 13.3. The van der Waals surface area contributed by atoms with Gasteiger partial charge in [0.15, 0.2) is 5.82 Å². The number of aromatic nitrogens is 2. The Labute approximate surface area is 106 Å². The fraction of sp³-hybridized carbons (Fsp3) is 0.286. The monoisotopic (exact) mass is 243 g/mol. The molecule has 4 nitrogen and oxygen atoms in total. The fourth-order valence-corrected chi connectivity index (χ4v) is 2.11. The molecule has 94 valence electrons. The molecule has 1 aromatic heterocycles. The second-order valence-electron chi connectivity index (χ2n) is 4.57. The van der Waals surface area contributed by atoms with Crippen molar-refractivity contribution in [1.29, 1.82) is 0 Å². The molecule has 0 radical (unpaired) electrons. The van der Waals surface area contributed by atoms with Crippen LogP contribution in [0.1, 0.15) is 23.7 Å². The van der Waals surface area contributed by atoms with E-state index in [1.807, 2.05) is 6.92 Å². The Kier molecular flexibility index (Phi) is 3.19. The maximum absolute atomic E-state index is 11.2. The molecule has 18 heavy (non-hydrogen) atoms. The van der Waals surface area contributed by atoms with Gasteiger partial charge < -0.3 is 5.32 Å². The maximum Gasteiger partial charge on any atom is 0.222 e. The van der Waals surface area contributed by atoms with Gasteiger partial charge in [0.1, 0.15) is 0 Å². The lowest BCUT2D eigenvalue weighted by atomic mass is 9.98. The lowest BCUT2D eigenvalue weighted by Crippen LogP contribution is -2.07. The second-order valence-corrected chi connectivity index (χ2v) is 4.57. The summed E-state index contributed by atoms with van der Waals surface area (Å²) < 4.78 is 0. The van der Waals surface area contributed by atoms with Crippen molar-refractivity contribution in [3.05, 3.63) is 35.0 Å². The van der Waals surface area contributed by atoms with Crippen molar-refractivity contribution in [2.24, 2.45) is 0 Å². The van der Waals surface area contributed by atoms with Crippen LogP contribution < -0.4 is 5.32 Å². The summed E-state index contributed by atoms with van der Waals surface area (Å²) in [6.45, 7) is 7.56. The van der Waals surface area contributed by atoms with Gasteiger partial charge in [-0.15, -0.1) is 0 Å². The van der Waals surface area contributed by atoms with E-state index in [9.17, 15) is 4.79 Å². The average molecular weight is 243 g/mol. The quantitative estimate of drug-likeness (QED) is 0.852. The molecule has 1 heterocycles. The maximum atomic E-state index is 11.2. The van der Waals surface area contributed by atoms with Crippen LogP contribution in [0, 0.1) is 20.8 Å². The number of nitrogens with zero attached hydrogens (tertiary/aromatic N) is 1. The highest BCUT2D eigenvalue weighted by Gasteiger charge is 2.15. The zero-order valence-corrected chi connectivity index (χ0v) is 11.1. The Hall–Kier alpha value is -2.10. The molecule has 1 aromatic carbocycles. The van der Waals surface area contributed by atoms with E-state index in [0.717, 1.165) is 16.8 Å². The topological polar surface area (TPSA) is 57.8 Å². The number of rotatable bonds is 2. The molecule has 0 fully saturated rings. The van der Waals surface area contributed by atoms with E-state index in [2.05, 4.69) is 47.6 Å². The van der Waals surface area contributed by atoms with Gasteiger partial charge in [-0.2, -0.15) is 5.10 Å². The van der Waals surface area contributed by atoms with Crippen LogP contribution in [0.4, 0.5) is 5.82 Å². The molecular weight excluding hydrogens is 226 g/mol. The first-order chi connectivity index (χ1) is 8.49. The fourth-order valence-electron chi connectivity index (χ4n) is 2.11. The summed E-state index contributed by atoms with van der Waals surface area (Å²) in [5.41, 5.74) is 5.40. The van der Waals surface area contributed by atoms with Crippen LogP contribution in [0.5, 0.6) is 0 Å². The van der Waals surface area contributed by atoms with Crippen molar-refractivity contribution in [2.75, 3.05) is 5.32 Å². The Balaban J connectivity index is 2.55. The van der Waals surface area contributed by atoms with Crippen LogP contribution in [0.2, 0.25) is 0 Å². The van der Waals surface area contributed by atoms with E-state index >= 15 is 0 Å². The van der Waals surface area contributed by atoms with Crippen LogP contribution in [-0.2, 0) is 4.79 Å². The summed E-state index contributed by atoms with van der Waals surface area (Å²) in [4.78, 5) is 11.2. The molecule has 0 bridgehead atoms. The van der Waals surface area contributed by atoms with Gasteiger partial charge >= 0.3 is 0 Å². The van der Waals surface area contributed by atoms with Gasteiger partial charge in [-0.3, -0.25) is 9.89 Å². The van der Waals surface area contributed by atoms with E-state index < -0.39 is 0 Å². The normalized spacial score (nSPS) is 10.4. The molecule has 0 atom stereocenters. The lowest BCUT2D eigenvalue weighted by molar-refractivity contribution is -0.114. The van der Waals surface area contributed by atoms with E-state index in [0.29, 0.717) is 5.82 Å². The van der Waals surface area contributed by atoms with Crippen molar-refractivity contribution < 1.29 is 4.79 Å². The standard InChI is InChI=1S/C14H17N3O/c1-8-5-6-12(9(2)7-8)13-10(3)16-17-14(13)15-11(4)18/h5-7H,1-4H3,(H2,15,16,17,18). The average Bonchev–Trinajstić information content (AvgIpc) is 2.60. The minimum absolute atomic E-state index is 0.118. The highest BCUT2D eigenvalue weighted by atomic mass is 16.1. The number of hydrogen-bond acceptors (Lipinski definition) is 2. The molecule has 0 saturated carbocycles. The number of aryl methyl sites for hydroxylation is 3. The summed E-state index contributed by atoms with van der Waals surface area (Å²) in [6.07, 6.45) is 0. The van der Waals surface area contributed by atoms with Crippen LogP contribution >= 0.6 is 0 Å². The van der Waals surface area contributed by atoms with Crippen molar-refractivity contribution in [3.8, 4) is 11.1 Å². The van der Waals surface area contributed by atoms with Crippen molar-refractivity contribution >= 4 is 11.7 Å². The number of H-pyrrole nitrogens is 1. The Morgan fingerprint density at radius 3 is 2.61 bits per heavy atom. The predicted molar refractivity (Wildman–Crippen MR) is 72.5 cm³/mol. The summed E-state index contributed by atoms with van der Waals surface area (Å²) in [6, 6.07) is 6.25. The Morgan fingerprint density at radius 1 is 1.28 bits per heavy atom. The number of benzene rings is 1. The van der Waals surface area contributed by atoms with E-state index in [4.69, 9.17) is 0 Å². The minimum atomic E-state index is -0.118. The number of amides is 1. The van der Waals surface area contributed by atoms with Crippen LogP contribution in [0.15, 0.2) is 18.2 Å². The molecule has 2 aromatic rings. The van der Waals surface area contributed by atoms with Crippen molar-refractivity contribution in [1.82, 2.24) is 10.2 Å². The zero-order valence-electron chi connectivity index (χ0n) is 11.1. The molecule has 0 aliphatic heterocycles. The van der Waals surface area contributed by atoms with Crippen LogP contribution in [-0.4, -0.2) is 16.1 Å². The lowest BCUT2D eigenvalue weighted by Gasteiger charge is -2.08. The first kappa shape index (κ1) is 12.4. The van der Waals surface area contributed by atoms with Crippen molar-refractivity contribution in [3.63, 3.8) is 0 Å². The summed E-state index contributed by atoms with van der Waals surface area (Å²) in [7, 11) is 0. The van der Waals surface area contributed by atoms with Crippen LogP contribution in [0.25, 0.3) is 11.1 Å². The molecule has 2 rings (SSSR count). The van der Waals surface area contributed by atoms with Gasteiger partial charge in [0.05, 0.1) is 0 Å². The van der Waals surface area contributed by atoms with E-state index in [1.54, 1.807) is 0 Å². The van der Waals surface area contributed by atoms with Gasteiger partial charge in [0.2, 0.25) is 5.91 Å². The molecule has 2 N–H and O–H groups in total. The van der Waals surface area contributed by atoms with Crippen LogP contribution in [0.3, 0.4) is 0 Å². The summed E-state index contributed by atoms with van der Waals surface area (Å²) >= 11 is 0. The SMILES string of the molecule is CC(=O)Nc1n[nH]c(C)c1-c1ccc(C)cc1C. The molecule has 1 amide bonds. The minimum Gasteiger partial charge on any atom is -0.309 e. The molecular formula is C14H17N3O. The van der Waals surface area contributed by atoms with E-state index in [-0.39, 0.29) is 5.91 Å². The first-order valence-corrected chi connectivity index (χ1v) is 5.89. The number of anilines is 1. The third kappa shape index (κ3) is 2.27. The molecule has 0 spiro atoms. The molecule has 0 aliphatic rings. The number of aromatic amines is 1. The summed E-state index contributed by atoms with van der Waals surface area (Å²) in [5, 5.41) is 9.81. The first-order valence-electron chi connectivity index (χ1n) is 5.89. The number of hydrogen-bond donors (Lipinski definition) is 2. The van der Waals surface area contributed by atoms with Crippen molar-refractivity contribution in [2.45, 2.75) is 27.7 Å². The van der Waals surface area contributed by atoms with Gasteiger partial charge in [-0.25, -0.2) is 0 Å². The molecule has 0 unspecified atom stereocenters. The molecule has 0 saturated heterocycles. The number of nitrogens with one attached hydrogen (secondary N) is 2. The van der Waals surface area contributed by atoms with Gasteiger partial charge in [0, 0.05) is 18.2 Å². The smallest absolute Gasteiger partial charge is 0.222 e. The van der Waals surface area contributed by atoms with Gasteiger partial charge in [0.25, 0.3) is 0 Å². The largest absolute Gasteiger partial charge is 0.309 e. The molecule has 4 heteroatoms. The van der Waals surface area contributed by atoms with Gasteiger partial charge in [-0.05, 0) is 31.9 Å². The number of carbonyl (C=O) groups excluding carboxylic acids is 1. The third-order valence-electron chi connectivity index (χ3n) is 2.89. The summed E-state index contributed by atoms with van der Waals surface area (Å²) in [5.74, 6) is 0.472. The van der Waals surface area contributed by atoms with E-state index in [1.165, 1.54) is 18.1 Å². The number of carbonyl (C=O) groups is 1. The highest BCUT2D eigenvalue weighted by molar-refractivity contribution is 5.93. The predicted octanol–water partition coefficient (Wildman–Crippen LogP) is 2.96. The third-order valence-corrected chi connectivity index (χ3v) is 2.89. The second kappa shape index (κ2) is 4.64. The molecule has 0 aliphatic carbocycles. The van der Waals surface area contributed by atoms with Gasteiger partial charge in [-0.1, -0.05) is 23.8 Å². The Bertz CT molecular complexity index is 599. The highest BCUT2D eigenvalue weighted by Crippen LogP contribution is 2.32.